The molecule has 0 bridgehead atoms. The molecule has 164 valence electrons. The number of benzene rings is 3. The van der Waals surface area contributed by atoms with Gasteiger partial charge in [-0.25, -0.2) is 5.43 Å². The zero-order valence-corrected chi connectivity index (χ0v) is 17.5. The van der Waals surface area contributed by atoms with Gasteiger partial charge in [0.2, 0.25) is 5.75 Å². The molecule has 0 aliphatic heterocycles. The minimum atomic E-state index is -0.561. The average Bonchev–Trinajstić information content (AvgIpc) is 2.83. The van der Waals surface area contributed by atoms with Crippen molar-refractivity contribution in [3.63, 3.8) is 0 Å². The first-order valence-corrected chi connectivity index (χ1v) is 9.52. The predicted octanol–water partition coefficient (Wildman–Crippen LogP) is 3.95. The highest BCUT2D eigenvalue weighted by molar-refractivity contribution is 5.95. The molecule has 9 nitrogen and oxygen atoms in total. The lowest BCUT2D eigenvalue weighted by molar-refractivity contribution is -0.386. The van der Waals surface area contributed by atoms with Crippen LogP contribution < -0.4 is 19.6 Å². The van der Waals surface area contributed by atoms with Crippen LogP contribution in [0.1, 0.15) is 21.5 Å². The zero-order valence-electron chi connectivity index (χ0n) is 17.5. The van der Waals surface area contributed by atoms with E-state index in [0.29, 0.717) is 16.9 Å². The summed E-state index contributed by atoms with van der Waals surface area (Å²) in [5.74, 6) is 0.270. The Morgan fingerprint density at radius 2 is 1.84 bits per heavy atom. The number of nitrogens with one attached hydrogen (secondary N) is 1. The van der Waals surface area contributed by atoms with Crippen molar-refractivity contribution < 1.29 is 23.9 Å². The van der Waals surface area contributed by atoms with Crippen molar-refractivity contribution in [3.8, 4) is 17.2 Å². The summed E-state index contributed by atoms with van der Waals surface area (Å²) in [4.78, 5) is 23.3. The molecule has 0 heterocycles. The Morgan fingerprint density at radius 3 is 2.53 bits per heavy atom. The highest BCUT2D eigenvalue weighted by atomic mass is 16.6. The van der Waals surface area contributed by atoms with Crippen LogP contribution in [-0.4, -0.2) is 31.3 Å². The minimum absolute atomic E-state index is 0.0129. The maximum Gasteiger partial charge on any atom is 0.315 e. The number of hydrazone groups is 1. The summed E-state index contributed by atoms with van der Waals surface area (Å²) in [5, 5.41) is 15.5. The molecule has 9 heteroatoms. The molecule has 1 amide bonds. The average molecular weight is 435 g/mol. The lowest BCUT2D eigenvalue weighted by atomic mass is 10.1. The van der Waals surface area contributed by atoms with E-state index in [9.17, 15) is 14.9 Å². The summed E-state index contributed by atoms with van der Waals surface area (Å²) in [5.41, 5.74) is 3.67. The zero-order chi connectivity index (χ0) is 22.9. The van der Waals surface area contributed by atoms with Crippen molar-refractivity contribution in [1.82, 2.24) is 5.43 Å². The number of hydrogen-bond donors (Lipinski definition) is 1. The van der Waals surface area contributed by atoms with E-state index in [1.54, 1.807) is 24.3 Å². The summed E-state index contributed by atoms with van der Waals surface area (Å²) in [6.45, 7) is 0.141. The van der Waals surface area contributed by atoms with E-state index in [0.717, 1.165) is 5.56 Å². The van der Waals surface area contributed by atoms with E-state index in [1.807, 2.05) is 30.3 Å². The van der Waals surface area contributed by atoms with E-state index in [4.69, 9.17) is 14.2 Å². The van der Waals surface area contributed by atoms with Crippen LogP contribution in [0.3, 0.4) is 0 Å². The number of nitro benzene ring substituents is 1. The molecule has 0 radical (unpaired) electrons. The Hall–Kier alpha value is -4.40. The third kappa shape index (κ3) is 5.60. The van der Waals surface area contributed by atoms with Crippen molar-refractivity contribution in [2.45, 2.75) is 6.61 Å². The van der Waals surface area contributed by atoms with Gasteiger partial charge < -0.3 is 14.2 Å². The Balaban J connectivity index is 1.78. The quantitative estimate of drug-likeness (QED) is 0.309. The summed E-state index contributed by atoms with van der Waals surface area (Å²) in [6.07, 6.45) is 1.29. The molecule has 0 aromatic heterocycles. The maximum absolute atomic E-state index is 12.2. The van der Waals surface area contributed by atoms with Crippen LogP contribution in [0, 0.1) is 10.1 Å². The number of carbonyl (C=O) groups excluding carboxylic acids is 1. The highest BCUT2D eigenvalue weighted by Gasteiger charge is 2.22. The Labute approximate surface area is 184 Å². The van der Waals surface area contributed by atoms with E-state index < -0.39 is 10.8 Å². The number of nitrogens with zero attached hydrogens (tertiary/aromatic N) is 2. The minimum Gasteiger partial charge on any atom is -0.497 e. The van der Waals surface area contributed by atoms with Gasteiger partial charge in [0, 0.05) is 17.2 Å². The van der Waals surface area contributed by atoms with Gasteiger partial charge in [-0.1, -0.05) is 36.4 Å². The number of nitro groups is 1. The molecule has 3 aromatic rings. The number of rotatable bonds is 9. The van der Waals surface area contributed by atoms with Gasteiger partial charge in [0.15, 0.2) is 5.75 Å². The monoisotopic (exact) mass is 435 g/mol. The first-order chi connectivity index (χ1) is 15.5. The van der Waals surface area contributed by atoms with Crippen LogP contribution in [0.5, 0.6) is 17.2 Å². The number of methoxy groups -OCH3 is 2. The second-order valence-electron chi connectivity index (χ2n) is 6.53. The fourth-order valence-corrected chi connectivity index (χ4v) is 2.84. The molecule has 0 unspecified atom stereocenters. The summed E-state index contributed by atoms with van der Waals surface area (Å²) in [6, 6.07) is 18.7. The van der Waals surface area contributed by atoms with Crippen LogP contribution in [0.4, 0.5) is 5.69 Å². The second kappa shape index (κ2) is 10.6. The molecule has 0 atom stereocenters. The third-order valence-electron chi connectivity index (χ3n) is 4.41. The normalized spacial score (nSPS) is 10.6. The highest BCUT2D eigenvalue weighted by Crippen LogP contribution is 2.38. The molecule has 3 rings (SSSR count). The SMILES string of the molecule is COc1cccc(C(=O)N/N=C/c2cc(OC)c(OCc3ccccc3)c([N+](=O)[O-])c2)c1. The summed E-state index contributed by atoms with van der Waals surface area (Å²) >= 11 is 0. The number of carbonyl (C=O) groups is 1. The Kier molecular flexibility index (Phi) is 7.37. The summed E-state index contributed by atoms with van der Waals surface area (Å²) in [7, 11) is 2.89. The molecule has 0 aliphatic rings. The van der Waals surface area contributed by atoms with Gasteiger partial charge in [-0.15, -0.1) is 0 Å². The topological polar surface area (TPSA) is 112 Å². The number of ether oxygens (including phenoxy) is 3. The van der Waals surface area contributed by atoms with Gasteiger partial charge in [-0.2, -0.15) is 5.10 Å². The third-order valence-corrected chi connectivity index (χ3v) is 4.41. The van der Waals surface area contributed by atoms with Gasteiger partial charge in [0.05, 0.1) is 25.4 Å². The lowest BCUT2D eigenvalue weighted by Crippen LogP contribution is -2.17. The van der Waals surface area contributed by atoms with Gasteiger partial charge in [0.25, 0.3) is 5.91 Å². The number of amides is 1. The van der Waals surface area contributed by atoms with Crippen molar-refractivity contribution >= 4 is 17.8 Å². The molecule has 0 fully saturated rings. The molecule has 0 saturated heterocycles. The maximum atomic E-state index is 12.2. The van der Waals surface area contributed by atoms with E-state index in [1.165, 1.54) is 32.6 Å². The van der Waals surface area contributed by atoms with Crippen molar-refractivity contribution in [2.24, 2.45) is 5.10 Å². The molecular formula is C23H21N3O6. The fourth-order valence-electron chi connectivity index (χ4n) is 2.84. The lowest BCUT2D eigenvalue weighted by Gasteiger charge is -2.12. The molecule has 1 N–H and O–H groups in total. The predicted molar refractivity (Wildman–Crippen MR) is 118 cm³/mol. The Bertz CT molecular complexity index is 1130. The largest absolute Gasteiger partial charge is 0.497 e. The molecule has 32 heavy (non-hydrogen) atoms. The van der Waals surface area contributed by atoms with Crippen LogP contribution in [0.25, 0.3) is 0 Å². The first kappa shape index (κ1) is 22.3. The van der Waals surface area contributed by atoms with E-state index >= 15 is 0 Å². The molecule has 0 saturated carbocycles. The first-order valence-electron chi connectivity index (χ1n) is 9.52. The molecular weight excluding hydrogens is 414 g/mol. The summed E-state index contributed by atoms with van der Waals surface area (Å²) < 4.78 is 16.1. The van der Waals surface area contributed by atoms with Crippen molar-refractivity contribution in [2.75, 3.05) is 14.2 Å². The molecule has 0 spiro atoms. The van der Waals surface area contributed by atoms with Crippen LogP contribution in [-0.2, 0) is 6.61 Å². The van der Waals surface area contributed by atoms with Crippen LogP contribution in [0.2, 0.25) is 0 Å². The van der Waals surface area contributed by atoms with Gasteiger partial charge in [0.1, 0.15) is 12.4 Å². The van der Waals surface area contributed by atoms with Gasteiger partial charge in [-0.3, -0.25) is 14.9 Å². The number of hydrogen-bond acceptors (Lipinski definition) is 7. The smallest absolute Gasteiger partial charge is 0.315 e. The second-order valence-corrected chi connectivity index (χ2v) is 6.53. The van der Waals surface area contributed by atoms with E-state index in [-0.39, 0.29) is 23.8 Å². The van der Waals surface area contributed by atoms with Crippen molar-refractivity contribution in [3.05, 3.63) is 93.5 Å². The van der Waals surface area contributed by atoms with Crippen molar-refractivity contribution in [1.29, 1.82) is 0 Å². The Morgan fingerprint density at radius 1 is 1.06 bits per heavy atom. The fraction of sp³-hybridized carbons (Fsp3) is 0.130. The van der Waals surface area contributed by atoms with Crippen LogP contribution >= 0.6 is 0 Å². The molecule has 3 aromatic carbocycles. The van der Waals surface area contributed by atoms with Gasteiger partial charge in [-0.05, 0) is 29.8 Å². The standard InChI is InChI=1S/C23H21N3O6/c1-30-19-10-6-9-18(13-19)23(27)25-24-14-17-11-20(26(28)29)22(21(12-17)31-2)32-15-16-7-4-3-5-8-16/h3-14H,15H2,1-2H3,(H,25,27)/b24-14+. The van der Waals surface area contributed by atoms with Gasteiger partial charge >= 0.3 is 5.69 Å². The van der Waals surface area contributed by atoms with E-state index in [2.05, 4.69) is 10.5 Å². The molecule has 0 aliphatic carbocycles. The van der Waals surface area contributed by atoms with Crippen LogP contribution in [0.15, 0.2) is 71.8 Å².